The first-order valence-corrected chi connectivity index (χ1v) is 5.97. The zero-order chi connectivity index (χ0) is 12.8. The van der Waals surface area contributed by atoms with Gasteiger partial charge in [0.15, 0.2) is 0 Å². The van der Waals surface area contributed by atoms with Gasteiger partial charge in [-0.05, 0) is 24.5 Å². The predicted molar refractivity (Wildman–Crippen MR) is 72.0 cm³/mol. The first-order chi connectivity index (χ1) is 8.75. The van der Waals surface area contributed by atoms with E-state index in [-0.39, 0.29) is 5.46 Å². The molecule has 0 saturated heterocycles. The lowest BCUT2D eigenvalue weighted by molar-refractivity contribution is 0.309. The Hall–Kier alpha value is -1.77. The number of halogens is 1. The van der Waals surface area contributed by atoms with Crippen LogP contribution >= 0.6 is 0 Å². The van der Waals surface area contributed by atoms with Gasteiger partial charge < -0.3 is 4.74 Å². The number of benzene rings is 2. The monoisotopic (exact) mass is 240 g/mol. The molecular weight excluding hydrogens is 226 g/mol. The second-order valence-electron chi connectivity index (χ2n) is 4.12. The lowest BCUT2D eigenvalue weighted by atomic mass is 9.96. The van der Waals surface area contributed by atoms with Gasteiger partial charge in [0, 0.05) is 6.07 Å². The van der Waals surface area contributed by atoms with Crippen molar-refractivity contribution in [3.8, 4) is 5.75 Å². The van der Waals surface area contributed by atoms with Crippen molar-refractivity contribution in [2.24, 2.45) is 0 Å². The van der Waals surface area contributed by atoms with Crippen molar-refractivity contribution in [2.45, 2.75) is 12.8 Å². The van der Waals surface area contributed by atoms with E-state index in [1.165, 1.54) is 17.7 Å². The Labute approximate surface area is 108 Å². The summed E-state index contributed by atoms with van der Waals surface area (Å²) < 4.78 is 18.6. The Morgan fingerprint density at radius 1 is 1.06 bits per heavy atom. The smallest absolute Gasteiger partial charge is 0.122 e. The van der Waals surface area contributed by atoms with Gasteiger partial charge in [0.2, 0.25) is 0 Å². The van der Waals surface area contributed by atoms with Gasteiger partial charge in [0.05, 0.1) is 6.61 Å². The van der Waals surface area contributed by atoms with Crippen molar-refractivity contribution < 1.29 is 9.13 Å². The average Bonchev–Trinajstić information content (AvgIpc) is 2.40. The maximum Gasteiger partial charge on any atom is 0.122 e. The van der Waals surface area contributed by atoms with Crippen LogP contribution in [0.1, 0.15) is 12.0 Å². The second kappa shape index (κ2) is 6.24. The van der Waals surface area contributed by atoms with E-state index in [4.69, 9.17) is 12.6 Å². The first-order valence-electron chi connectivity index (χ1n) is 5.97. The van der Waals surface area contributed by atoms with Crippen LogP contribution in [0, 0.1) is 5.82 Å². The zero-order valence-electron chi connectivity index (χ0n) is 10.1. The van der Waals surface area contributed by atoms with Crippen molar-refractivity contribution in [3.63, 3.8) is 0 Å². The number of hydrogen-bond donors (Lipinski definition) is 0. The predicted octanol–water partition coefficient (Wildman–Crippen LogP) is 2.63. The molecule has 0 unspecified atom stereocenters. The molecule has 0 bridgehead atoms. The standard InChI is InChI=1S/C15H14BFO/c16-14-9-8-13(11-15(14)17)18-10-4-7-12-5-2-1-3-6-12/h1-3,5-6,8-9,11H,4,7,10H2. The van der Waals surface area contributed by atoms with Crippen molar-refractivity contribution in [1.29, 1.82) is 0 Å². The van der Waals surface area contributed by atoms with Crippen LogP contribution in [-0.2, 0) is 6.42 Å². The normalized spacial score (nSPS) is 10.3. The van der Waals surface area contributed by atoms with Gasteiger partial charge in [-0.3, -0.25) is 0 Å². The summed E-state index contributed by atoms with van der Waals surface area (Å²) in [5, 5.41) is 0. The van der Waals surface area contributed by atoms with Gasteiger partial charge in [-0.2, -0.15) is 0 Å². The van der Waals surface area contributed by atoms with Gasteiger partial charge in [-0.15, -0.1) is 0 Å². The SMILES string of the molecule is [B]c1ccc(OCCCc2ccccc2)cc1F. The summed E-state index contributed by atoms with van der Waals surface area (Å²) >= 11 is 0. The molecule has 0 heterocycles. The molecule has 0 fully saturated rings. The van der Waals surface area contributed by atoms with Crippen LogP contribution in [0.3, 0.4) is 0 Å². The molecule has 3 heteroatoms. The maximum atomic E-state index is 13.1. The molecule has 2 rings (SSSR count). The highest BCUT2D eigenvalue weighted by Gasteiger charge is 1.99. The Morgan fingerprint density at radius 2 is 1.83 bits per heavy atom. The highest BCUT2D eigenvalue weighted by Crippen LogP contribution is 2.11. The highest BCUT2D eigenvalue weighted by molar-refractivity contribution is 6.32. The van der Waals surface area contributed by atoms with Gasteiger partial charge in [-0.1, -0.05) is 41.9 Å². The second-order valence-corrected chi connectivity index (χ2v) is 4.12. The molecule has 90 valence electrons. The molecule has 0 spiro atoms. The number of hydrogen-bond acceptors (Lipinski definition) is 1. The number of ether oxygens (including phenoxy) is 1. The summed E-state index contributed by atoms with van der Waals surface area (Å²) in [4.78, 5) is 0. The molecule has 0 atom stereocenters. The molecule has 2 aromatic rings. The molecule has 0 aromatic heterocycles. The van der Waals surface area contributed by atoms with Gasteiger partial charge in [-0.25, -0.2) is 4.39 Å². The zero-order valence-corrected chi connectivity index (χ0v) is 10.1. The number of aryl methyl sites for hydroxylation is 1. The van der Waals surface area contributed by atoms with Crippen LogP contribution in [0.15, 0.2) is 48.5 Å². The summed E-state index contributed by atoms with van der Waals surface area (Å²) in [6.45, 7) is 0.568. The van der Waals surface area contributed by atoms with Crippen LogP contribution in [0.2, 0.25) is 0 Å². The summed E-state index contributed by atoms with van der Waals surface area (Å²) in [6, 6.07) is 14.7. The largest absolute Gasteiger partial charge is 0.493 e. The molecule has 2 aromatic carbocycles. The lowest BCUT2D eigenvalue weighted by Gasteiger charge is -2.07. The van der Waals surface area contributed by atoms with Crippen LogP contribution in [0.4, 0.5) is 4.39 Å². The van der Waals surface area contributed by atoms with E-state index in [2.05, 4.69) is 12.1 Å². The third-order valence-electron chi connectivity index (χ3n) is 2.69. The fourth-order valence-electron chi connectivity index (χ4n) is 1.71. The molecule has 2 radical (unpaired) electrons. The third kappa shape index (κ3) is 3.62. The molecule has 1 nitrogen and oxygen atoms in total. The average molecular weight is 240 g/mol. The van der Waals surface area contributed by atoms with Crippen molar-refractivity contribution in [1.82, 2.24) is 0 Å². The van der Waals surface area contributed by atoms with Crippen LogP contribution < -0.4 is 10.2 Å². The summed E-state index contributed by atoms with van der Waals surface area (Å²) in [7, 11) is 5.39. The third-order valence-corrected chi connectivity index (χ3v) is 2.69. The summed E-state index contributed by atoms with van der Waals surface area (Å²) in [6.07, 6.45) is 1.86. The molecule has 0 aliphatic rings. The van der Waals surface area contributed by atoms with Crippen molar-refractivity contribution >= 4 is 13.3 Å². The fraction of sp³-hybridized carbons (Fsp3) is 0.200. The van der Waals surface area contributed by atoms with Gasteiger partial charge >= 0.3 is 0 Å². The van der Waals surface area contributed by atoms with E-state index in [1.54, 1.807) is 6.07 Å². The van der Waals surface area contributed by atoms with E-state index >= 15 is 0 Å². The topological polar surface area (TPSA) is 9.23 Å². The highest BCUT2D eigenvalue weighted by atomic mass is 19.1. The fourth-order valence-corrected chi connectivity index (χ4v) is 1.71. The van der Waals surface area contributed by atoms with Crippen LogP contribution in [0.5, 0.6) is 5.75 Å². The van der Waals surface area contributed by atoms with Crippen LogP contribution in [-0.4, -0.2) is 14.5 Å². The molecular formula is C15H14BFO. The molecule has 0 aliphatic heterocycles. The number of rotatable bonds is 5. The summed E-state index contributed by atoms with van der Waals surface area (Å²) in [5.41, 5.74) is 1.43. The minimum atomic E-state index is -0.435. The van der Waals surface area contributed by atoms with E-state index in [0.717, 1.165) is 12.8 Å². The van der Waals surface area contributed by atoms with E-state index in [9.17, 15) is 4.39 Å². The lowest BCUT2D eigenvalue weighted by Crippen LogP contribution is -2.08. The Balaban J connectivity index is 1.77. The Morgan fingerprint density at radius 3 is 2.56 bits per heavy atom. The summed E-state index contributed by atoms with van der Waals surface area (Å²) in [5.74, 6) is 0.0883. The Kier molecular flexibility index (Phi) is 4.40. The minimum Gasteiger partial charge on any atom is -0.493 e. The molecule has 0 aliphatic carbocycles. The molecule has 0 N–H and O–H groups in total. The molecule has 18 heavy (non-hydrogen) atoms. The van der Waals surface area contributed by atoms with Crippen molar-refractivity contribution in [3.05, 3.63) is 59.9 Å². The molecule has 0 saturated carbocycles. The molecule has 0 amide bonds. The van der Waals surface area contributed by atoms with Crippen molar-refractivity contribution in [2.75, 3.05) is 6.61 Å². The van der Waals surface area contributed by atoms with Crippen LogP contribution in [0.25, 0.3) is 0 Å². The quantitative estimate of drug-likeness (QED) is 0.576. The van der Waals surface area contributed by atoms with E-state index in [1.807, 2.05) is 18.2 Å². The minimum absolute atomic E-state index is 0.145. The van der Waals surface area contributed by atoms with Gasteiger partial charge in [0.1, 0.15) is 19.4 Å². The van der Waals surface area contributed by atoms with E-state index < -0.39 is 5.82 Å². The Bertz CT molecular complexity index is 499. The van der Waals surface area contributed by atoms with Gasteiger partial charge in [0.25, 0.3) is 0 Å². The first kappa shape index (κ1) is 12.7. The maximum absolute atomic E-state index is 13.1. The van der Waals surface area contributed by atoms with E-state index in [0.29, 0.717) is 12.4 Å².